The molecule has 0 saturated carbocycles. The van der Waals surface area contributed by atoms with Crippen molar-refractivity contribution in [3.8, 4) is 0 Å². The standard InChI is InChI=1S/C16H23NO2S/c1-14(2)8-6-4-5-7-13-17-20(18,19)16-11-9-15(3)10-12-16/h6,9-12,17H,4-5,7,13H2,1-3H3. The van der Waals surface area contributed by atoms with Crippen LogP contribution in [0, 0.1) is 6.92 Å². The summed E-state index contributed by atoms with van der Waals surface area (Å²) in [6.07, 6.45) is 4.71. The van der Waals surface area contributed by atoms with Gasteiger partial charge >= 0.3 is 0 Å². The van der Waals surface area contributed by atoms with Crippen LogP contribution in [0.5, 0.6) is 0 Å². The molecule has 0 radical (unpaired) electrons. The Morgan fingerprint density at radius 3 is 2.45 bits per heavy atom. The molecule has 1 N–H and O–H groups in total. The smallest absolute Gasteiger partial charge is 0.211 e. The molecule has 1 aromatic carbocycles. The molecule has 0 heterocycles. The maximum absolute atomic E-state index is 12.0. The topological polar surface area (TPSA) is 46.2 Å². The zero-order valence-electron chi connectivity index (χ0n) is 12.4. The van der Waals surface area contributed by atoms with E-state index in [4.69, 9.17) is 0 Å². The number of hydrogen-bond donors (Lipinski definition) is 1. The highest BCUT2D eigenvalue weighted by Gasteiger charge is 2.12. The van der Waals surface area contributed by atoms with Crippen LogP contribution in [0.2, 0.25) is 0 Å². The second-order valence-corrected chi connectivity index (χ2v) is 6.82. The van der Waals surface area contributed by atoms with Gasteiger partial charge in [-0.2, -0.15) is 0 Å². The number of allylic oxidation sites excluding steroid dienone is 1. The third-order valence-electron chi connectivity index (χ3n) is 2.79. The number of nitrogens with one attached hydrogen (secondary N) is 1. The number of sulfonamides is 1. The normalized spacial score (nSPS) is 10.9. The highest BCUT2D eigenvalue weighted by atomic mass is 32.2. The minimum atomic E-state index is -3.36. The van der Waals surface area contributed by atoms with Crippen molar-refractivity contribution in [2.45, 2.75) is 44.9 Å². The largest absolute Gasteiger partial charge is 0.240 e. The van der Waals surface area contributed by atoms with Crippen molar-refractivity contribution in [2.75, 3.05) is 6.54 Å². The number of unbranched alkanes of at least 4 members (excludes halogenated alkanes) is 2. The SMILES string of the molecule is CC(C)=C=CCCCCNS(=O)(=O)c1ccc(C)cc1. The summed E-state index contributed by atoms with van der Waals surface area (Å²) in [5, 5.41) is 0. The van der Waals surface area contributed by atoms with Crippen LogP contribution in [0.15, 0.2) is 46.5 Å². The first-order valence-corrected chi connectivity index (χ1v) is 8.35. The molecular formula is C16H23NO2S. The molecule has 0 aliphatic rings. The molecule has 4 heteroatoms. The molecule has 0 fully saturated rings. The average Bonchev–Trinajstić information content (AvgIpc) is 2.37. The molecule has 1 rings (SSSR count). The van der Waals surface area contributed by atoms with Gasteiger partial charge in [0.2, 0.25) is 10.0 Å². The Labute approximate surface area is 122 Å². The summed E-state index contributed by atoms with van der Waals surface area (Å²) in [6.45, 7) is 6.42. The fraction of sp³-hybridized carbons (Fsp3) is 0.438. The van der Waals surface area contributed by atoms with E-state index in [1.807, 2.05) is 26.8 Å². The van der Waals surface area contributed by atoms with Gasteiger partial charge in [0, 0.05) is 6.54 Å². The minimum absolute atomic E-state index is 0.326. The van der Waals surface area contributed by atoms with Crippen molar-refractivity contribution in [1.29, 1.82) is 0 Å². The zero-order valence-corrected chi connectivity index (χ0v) is 13.3. The number of benzene rings is 1. The van der Waals surface area contributed by atoms with Gasteiger partial charge in [0.25, 0.3) is 0 Å². The van der Waals surface area contributed by atoms with Crippen LogP contribution in [0.4, 0.5) is 0 Å². The molecular weight excluding hydrogens is 270 g/mol. The van der Waals surface area contributed by atoms with Crippen molar-refractivity contribution in [2.24, 2.45) is 0 Å². The van der Waals surface area contributed by atoms with Crippen LogP contribution in [0.3, 0.4) is 0 Å². The molecule has 0 aromatic heterocycles. The minimum Gasteiger partial charge on any atom is -0.211 e. The summed E-state index contributed by atoms with van der Waals surface area (Å²) >= 11 is 0. The molecule has 0 atom stereocenters. The van der Waals surface area contributed by atoms with Crippen LogP contribution < -0.4 is 4.72 Å². The summed E-state index contributed by atoms with van der Waals surface area (Å²) in [4.78, 5) is 0.326. The van der Waals surface area contributed by atoms with Crippen LogP contribution in [-0.4, -0.2) is 15.0 Å². The van der Waals surface area contributed by atoms with Gasteiger partial charge in [-0.1, -0.05) is 17.7 Å². The van der Waals surface area contributed by atoms with Crippen LogP contribution >= 0.6 is 0 Å². The average molecular weight is 293 g/mol. The Kier molecular flexibility index (Phi) is 6.73. The fourth-order valence-corrected chi connectivity index (χ4v) is 2.73. The molecule has 0 bridgehead atoms. The number of aryl methyl sites for hydroxylation is 1. The van der Waals surface area contributed by atoms with E-state index >= 15 is 0 Å². The molecule has 0 aliphatic carbocycles. The van der Waals surface area contributed by atoms with E-state index in [1.165, 1.54) is 0 Å². The lowest BCUT2D eigenvalue weighted by atomic mass is 10.2. The van der Waals surface area contributed by atoms with Crippen molar-refractivity contribution >= 4 is 10.0 Å². The fourth-order valence-electron chi connectivity index (χ4n) is 1.65. The first kappa shape index (κ1) is 16.7. The van der Waals surface area contributed by atoms with E-state index in [9.17, 15) is 8.42 Å². The molecule has 1 aromatic rings. The molecule has 110 valence electrons. The summed E-state index contributed by atoms with van der Waals surface area (Å²) in [7, 11) is -3.36. The van der Waals surface area contributed by atoms with E-state index in [0.29, 0.717) is 11.4 Å². The van der Waals surface area contributed by atoms with Gasteiger partial charge in [0.05, 0.1) is 4.90 Å². The second-order valence-electron chi connectivity index (χ2n) is 5.06. The molecule has 20 heavy (non-hydrogen) atoms. The quantitative estimate of drug-likeness (QED) is 0.617. The Balaban J connectivity index is 2.38. The molecule has 0 aliphatic heterocycles. The van der Waals surface area contributed by atoms with Crippen molar-refractivity contribution < 1.29 is 8.42 Å². The first-order chi connectivity index (χ1) is 9.42. The van der Waals surface area contributed by atoms with E-state index in [1.54, 1.807) is 24.3 Å². The lowest BCUT2D eigenvalue weighted by Gasteiger charge is -2.06. The van der Waals surface area contributed by atoms with Crippen molar-refractivity contribution in [1.82, 2.24) is 4.72 Å². The highest BCUT2D eigenvalue weighted by Crippen LogP contribution is 2.09. The maximum Gasteiger partial charge on any atom is 0.240 e. The van der Waals surface area contributed by atoms with Crippen LogP contribution in [-0.2, 0) is 10.0 Å². The van der Waals surface area contributed by atoms with Gasteiger partial charge in [-0.25, -0.2) is 13.1 Å². The second kappa shape index (κ2) is 8.05. The van der Waals surface area contributed by atoms with E-state index in [2.05, 4.69) is 10.5 Å². The Bertz CT molecular complexity index is 575. The number of rotatable bonds is 7. The summed E-state index contributed by atoms with van der Waals surface area (Å²) in [6, 6.07) is 6.88. The molecule has 0 saturated heterocycles. The Morgan fingerprint density at radius 2 is 1.85 bits per heavy atom. The van der Waals surface area contributed by atoms with Gasteiger partial charge in [-0.3, -0.25) is 0 Å². The predicted octanol–water partition coefficient (Wildman–Crippen LogP) is 3.56. The van der Waals surface area contributed by atoms with Gasteiger partial charge < -0.3 is 0 Å². The van der Waals surface area contributed by atoms with Crippen LogP contribution in [0.1, 0.15) is 38.7 Å². The van der Waals surface area contributed by atoms with Crippen molar-refractivity contribution in [3.63, 3.8) is 0 Å². The van der Waals surface area contributed by atoms with E-state index < -0.39 is 10.0 Å². The van der Waals surface area contributed by atoms with Gasteiger partial charge in [0.1, 0.15) is 0 Å². The Hall–Kier alpha value is -1.35. The zero-order chi connectivity index (χ0) is 15.0. The first-order valence-electron chi connectivity index (χ1n) is 6.86. The summed E-state index contributed by atoms with van der Waals surface area (Å²) < 4.78 is 26.6. The lowest BCUT2D eigenvalue weighted by molar-refractivity contribution is 0.577. The monoisotopic (exact) mass is 293 g/mol. The maximum atomic E-state index is 12.0. The van der Waals surface area contributed by atoms with E-state index in [0.717, 1.165) is 30.4 Å². The number of hydrogen-bond acceptors (Lipinski definition) is 2. The van der Waals surface area contributed by atoms with Crippen LogP contribution in [0.25, 0.3) is 0 Å². The van der Waals surface area contributed by atoms with Crippen molar-refractivity contribution in [3.05, 3.63) is 47.2 Å². The summed E-state index contributed by atoms with van der Waals surface area (Å²) in [5.74, 6) is 0. The predicted molar refractivity (Wildman–Crippen MR) is 83.2 cm³/mol. The van der Waals surface area contributed by atoms with E-state index in [-0.39, 0.29) is 0 Å². The van der Waals surface area contributed by atoms with Gasteiger partial charge in [-0.05, 0) is 63.8 Å². The van der Waals surface area contributed by atoms with Gasteiger partial charge in [-0.15, -0.1) is 5.73 Å². The molecule has 3 nitrogen and oxygen atoms in total. The molecule has 0 spiro atoms. The molecule has 0 amide bonds. The third kappa shape index (κ3) is 6.20. The third-order valence-corrected chi connectivity index (χ3v) is 4.27. The summed E-state index contributed by atoms with van der Waals surface area (Å²) in [5.41, 5.74) is 5.35. The van der Waals surface area contributed by atoms with Gasteiger partial charge in [0.15, 0.2) is 0 Å². The lowest BCUT2D eigenvalue weighted by Crippen LogP contribution is -2.24. The Morgan fingerprint density at radius 1 is 1.20 bits per heavy atom. The highest BCUT2D eigenvalue weighted by molar-refractivity contribution is 7.89. The molecule has 0 unspecified atom stereocenters.